The minimum absolute atomic E-state index is 0.104. The topological polar surface area (TPSA) is 55.8 Å². The third-order valence-corrected chi connectivity index (χ3v) is 3.04. The molecule has 0 amide bonds. The molecule has 0 saturated heterocycles. The number of aliphatic hydroxyl groups excluding tert-OH is 1. The van der Waals surface area contributed by atoms with Crippen molar-refractivity contribution in [1.29, 1.82) is 0 Å². The number of hydrogen-bond acceptors (Lipinski definition) is 4. The Bertz CT molecular complexity index is 463. The van der Waals surface area contributed by atoms with E-state index in [0.29, 0.717) is 23.5 Å². The number of carbonyl (C=O) groups excluding carboxylic acids is 1. The smallest absolute Gasteiger partial charge is 0.341 e. The van der Waals surface area contributed by atoms with Gasteiger partial charge in [0.15, 0.2) is 0 Å². The minimum atomic E-state index is -0.436. The van der Waals surface area contributed by atoms with Gasteiger partial charge in [-0.3, -0.25) is 0 Å². The molecular formula is C13H16O4. The SMILES string of the molecule is COC(=O)c1cc(CO)cc2c1OCC2(C)C. The molecule has 0 radical (unpaired) electrons. The van der Waals surface area contributed by atoms with Gasteiger partial charge in [-0.15, -0.1) is 0 Å². The summed E-state index contributed by atoms with van der Waals surface area (Å²) in [5.41, 5.74) is 1.88. The Morgan fingerprint density at radius 2 is 2.24 bits per heavy atom. The van der Waals surface area contributed by atoms with Crippen LogP contribution < -0.4 is 4.74 Å². The zero-order chi connectivity index (χ0) is 12.6. The van der Waals surface area contributed by atoms with Crippen LogP contribution in [0.15, 0.2) is 12.1 Å². The van der Waals surface area contributed by atoms with Crippen molar-refractivity contribution in [3.63, 3.8) is 0 Å². The van der Waals surface area contributed by atoms with Gasteiger partial charge >= 0.3 is 5.97 Å². The summed E-state index contributed by atoms with van der Waals surface area (Å²) in [7, 11) is 1.33. The van der Waals surface area contributed by atoms with E-state index in [1.165, 1.54) is 7.11 Å². The minimum Gasteiger partial charge on any atom is -0.491 e. The van der Waals surface area contributed by atoms with Crippen LogP contribution in [0, 0.1) is 0 Å². The molecule has 1 aromatic rings. The highest BCUT2D eigenvalue weighted by Crippen LogP contribution is 2.41. The fourth-order valence-corrected chi connectivity index (χ4v) is 2.03. The number of esters is 1. The summed E-state index contributed by atoms with van der Waals surface area (Å²) >= 11 is 0. The fourth-order valence-electron chi connectivity index (χ4n) is 2.03. The van der Waals surface area contributed by atoms with Crippen molar-refractivity contribution in [2.24, 2.45) is 0 Å². The zero-order valence-corrected chi connectivity index (χ0v) is 10.2. The summed E-state index contributed by atoms with van der Waals surface area (Å²) in [4.78, 5) is 11.7. The number of fused-ring (bicyclic) bond motifs is 1. The predicted molar refractivity (Wildman–Crippen MR) is 62.2 cm³/mol. The van der Waals surface area contributed by atoms with E-state index in [1.807, 2.05) is 19.9 Å². The molecule has 2 rings (SSSR count). The number of aliphatic hydroxyl groups is 1. The molecule has 0 atom stereocenters. The molecule has 0 fully saturated rings. The number of ether oxygens (including phenoxy) is 2. The van der Waals surface area contributed by atoms with Crippen LogP contribution in [0.1, 0.15) is 35.3 Å². The first-order chi connectivity index (χ1) is 7.99. The fraction of sp³-hybridized carbons (Fsp3) is 0.462. The standard InChI is InChI=1S/C13H16O4/c1-13(2)7-17-11-9(12(15)16-3)4-8(6-14)5-10(11)13/h4-5,14H,6-7H2,1-3H3. The van der Waals surface area contributed by atoms with E-state index in [9.17, 15) is 9.90 Å². The molecule has 92 valence electrons. The van der Waals surface area contributed by atoms with Crippen LogP contribution in [0.3, 0.4) is 0 Å². The second kappa shape index (κ2) is 4.04. The molecule has 17 heavy (non-hydrogen) atoms. The lowest BCUT2D eigenvalue weighted by atomic mass is 9.85. The van der Waals surface area contributed by atoms with Crippen molar-refractivity contribution in [2.75, 3.05) is 13.7 Å². The van der Waals surface area contributed by atoms with Crippen LogP contribution in [0.5, 0.6) is 5.75 Å². The summed E-state index contributed by atoms with van der Waals surface area (Å²) in [5.74, 6) is 0.147. The van der Waals surface area contributed by atoms with Gasteiger partial charge in [-0.05, 0) is 17.7 Å². The van der Waals surface area contributed by atoms with Gasteiger partial charge < -0.3 is 14.6 Å². The number of benzene rings is 1. The lowest BCUT2D eigenvalue weighted by molar-refractivity contribution is 0.0596. The Morgan fingerprint density at radius 3 is 2.82 bits per heavy atom. The highest BCUT2D eigenvalue weighted by molar-refractivity contribution is 5.93. The van der Waals surface area contributed by atoms with Crippen molar-refractivity contribution in [3.8, 4) is 5.75 Å². The molecule has 1 heterocycles. The molecular weight excluding hydrogens is 220 g/mol. The summed E-state index contributed by atoms with van der Waals surface area (Å²) in [6, 6.07) is 3.50. The Balaban J connectivity index is 2.62. The summed E-state index contributed by atoms with van der Waals surface area (Å²) in [5, 5.41) is 9.23. The molecule has 4 heteroatoms. The first-order valence-corrected chi connectivity index (χ1v) is 5.49. The van der Waals surface area contributed by atoms with Crippen molar-refractivity contribution < 1.29 is 19.4 Å². The van der Waals surface area contributed by atoms with E-state index in [0.717, 1.165) is 5.56 Å². The van der Waals surface area contributed by atoms with Gasteiger partial charge in [-0.1, -0.05) is 13.8 Å². The molecule has 4 nitrogen and oxygen atoms in total. The first-order valence-electron chi connectivity index (χ1n) is 5.49. The Labute approximate surface area is 100 Å². The summed E-state index contributed by atoms with van der Waals surface area (Å²) in [6.07, 6.45) is 0. The number of carbonyl (C=O) groups is 1. The van der Waals surface area contributed by atoms with E-state index in [2.05, 4.69) is 0 Å². The van der Waals surface area contributed by atoms with E-state index in [1.54, 1.807) is 6.07 Å². The van der Waals surface area contributed by atoms with Crippen molar-refractivity contribution in [3.05, 3.63) is 28.8 Å². The highest BCUT2D eigenvalue weighted by atomic mass is 16.5. The van der Waals surface area contributed by atoms with Gasteiger partial charge in [0.2, 0.25) is 0 Å². The third-order valence-electron chi connectivity index (χ3n) is 3.04. The van der Waals surface area contributed by atoms with Crippen LogP contribution in [0.4, 0.5) is 0 Å². The zero-order valence-electron chi connectivity index (χ0n) is 10.2. The van der Waals surface area contributed by atoms with E-state index in [4.69, 9.17) is 9.47 Å². The first kappa shape index (κ1) is 11.9. The van der Waals surface area contributed by atoms with Crippen molar-refractivity contribution in [1.82, 2.24) is 0 Å². The molecule has 1 aliphatic heterocycles. The maximum Gasteiger partial charge on any atom is 0.341 e. The second-order valence-corrected chi connectivity index (χ2v) is 4.84. The van der Waals surface area contributed by atoms with Crippen LogP contribution >= 0.6 is 0 Å². The average molecular weight is 236 g/mol. The highest BCUT2D eigenvalue weighted by Gasteiger charge is 2.35. The molecule has 1 aromatic carbocycles. The van der Waals surface area contributed by atoms with E-state index in [-0.39, 0.29) is 12.0 Å². The molecule has 1 N–H and O–H groups in total. The van der Waals surface area contributed by atoms with E-state index >= 15 is 0 Å². The quantitative estimate of drug-likeness (QED) is 0.793. The van der Waals surface area contributed by atoms with Gasteiger partial charge in [-0.25, -0.2) is 4.79 Å². The number of rotatable bonds is 2. The summed E-state index contributed by atoms with van der Waals surface area (Å²) in [6.45, 7) is 4.51. The van der Waals surface area contributed by atoms with Crippen LogP contribution in [0.2, 0.25) is 0 Å². The number of methoxy groups -OCH3 is 1. The average Bonchev–Trinajstić information content (AvgIpc) is 2.63. The number of hydrogen-bond donors (Lipinski definition) is 1. The van der Waals surface area contributed by atoms with Crippen LogP contribution in [-0.2, 0) is 16.8 Å². The van der Waals surface area contributed by atoms with Gasteiger partial charge in [0, 0.05) is 11.0 Å². The van der Waals surface area contributed by atoms with E-state index < -0.39 is 5.97 Å². The Hall–Kier alpha value is -1.55. The molecule has 0 bridgehead atoms. The van der Waals surface area contributed by atoms with Gasteiger partial charge in [0.1, 0.15) is 11.3 Å². The maximum absolute atomic E-state index is 11.7. The Kier molecular flexibility index (Phi) is 2.83. The lowest BCUT2D eigenvalue weighted by Gasteiger charge is -2.16. The largest absolute Gasteiger partial charge is 0.491 e. The molecule has 0 aliphatic carbocycles. The predicted octanol–water partition coefficient (Wildman–Crippen LogP) is 1.64. The van der Waals surface area contributed by atoms with Crippen LogP contribution in [-0.4, -0.2) is 24.8 Å². The molecule has 0 unspecified atom stereocenters. The molecule has 0 saturated carbocycles. The maximum atomic E-state index is 11.7. The summed E-state index contributed by atoms with van der Waals surface area (Å²) < 4.78 is 10.3. The lowest BCUT2D eigenvalue weighted by Crippen LogP contribution is -2.18. The third kappa shape index (κ3) is 1.89. The molecule has 0 aromatic heterocycles. The van der Waals surface area contributed by atoms with Crippen molar-refractivity contribution >= 4 is 5.97 Å². The second-order valence-electron chi connectivity index (χ2n) is 4.84. The molecule has 1 aliphatic rings. The Morgan fingerprint density at radius 1 is 1.53 bits per heavy atom. The van der Waals surface area contributed by atoms with Gasteiger partial charge in [0.25, 0.3) is 0 Å². The monoisotopic (exact) mass is 236 g/mol. The normalized spacial score (nSPS) is 16.2. The van der Waals surface area contributed by atoms with Gasteiger partial charge in [0.05, 0.1) is 20.3 Å². The van der Waals surface area contributed by atoms with Crippen LogP contribution in [0.25, 0.3) is 0 Å². The molecule has 0 spiro atoms. The van der Waals surface area contributed by atoms with Gasteiger partial charge in [-0.2, -0.15) is 0 Å². The van der Waals surface area contributed by atoms with Crippen molar-refractivity contribution in [2.45, 2.75) is 25.9 Å².